The fourth-order valence-corrected chi connectivity index (χ4v) is 2.97. The van der Waals surface area contributed by atoms with E-state index in [1.54, 1.807) is 0 Å². The van der Waals surface area contributed by atoms with E-state index in [2.05, 4.69) is 0 Å². The summed E-state index contributed by atoms with van der Waals surface area (Å²) in [6, 6.07) is 5.72. The Morgan fingerprint density at radius 1 is 1.28 bits per heavy atom. The van der Waals surface area contributed by atoms with Gasteiger partial charge in [-0.05, 0) is 24.5 Å². The molecule has 0 saturated heterocycles. The number of fused-ring (bicyclic) bond motifs is 1. The summed E-state index contributed by atoms with van der Waals surface area (Å²) in [5.41, 5.74) is 1.15. The second kappa shape index (κ2) is 4.28. The van der Waals surface area contributed by atoms with Gasteiger partial charge in [-0.15, -0.1) is 0 Å². The fourth-order valence-electron chi connectivity index (χ4n) is 2.97. The molecule has 1 saturated carbocycles. The lowest BCUT2D eigenvalue weighted by Gasteiger charge is -2.26. The van der Waals surface area contributed by atoms with E-state index in [4.69, 9.17) is 9.47 Å². The van der Waals surface area contributed by atoms with Gasteiger partial charge in [-0.3, -0.25) is 4.79 Å². The molecule has 3 rings (SSSR count). The van der Waals surface area contributed by atoms with Crippen molar-refractivity contribution in [2.45, 2.75) is 37.7 Å². The Hall–Kier alpha value is -1.55. The average Bonchev–Trinajstić information content (AvgIpc) is 2.89. The van der Waals surface area contributed by atoms with Gasteiger partial charge in [0.1, 0.15) is 5.75 Å². The van der Waals surface area contributed by atoms with Crippen molar-refractivity contribution < 1.29 is 19.4 Å². The first-order valence-corrected chi connectivity index (χ1v) is 6.30. The minimum Gasteiger partial charge on any atom is -0.481 e. The van der Waals surface area contributed by atoms with Gasteiger partial charge in [-0.1, -0.05) is 25.0 Å². The zero-order valence-electron chi connectivity index (χ0n) is 10.1. The fraction of sp³-hybridized carbons (Fsp3) is 0.500. The van der Waals surface area contributed by atoms with Crippen molar-refractivity contribution >= 4 is 5.97 Å². The first kappa shape index (κ1) is 11.5. The average molecular weight is 248 g/mol. The third kappa shape index (κ3) is 1.68. The van der Waals surface area contributed by atoms with Gasteiger partial charge in [0.2, 0.25) is 0 Å². The van der Waals surface area contributed by atoms with Crippen molar-refractivity contribution in [1.29, 1.82) is 0 Å². The van der Waals surface area contributed by atoms with Crippen LogP contribution in [0.2, 0.25) is 0 Å². The predicted molar refractivity (Wildman–Crippen MR) is 64.5 cm³/mol. The van der Waals surface area contributed by atoms with E-state index in [1.807, 2.05) is 18.2 Å². The highest BCUT2D eigenvalue weighted by Gasteiger charge is 2.43. The Morgan fingerprint density at radius 2 is 2.06 bits per heavy atom. The van der Waals surface area contributed by atoms with E-state index in [-0.39, 0.29) is 6.79 Å². The van der Waals surface area contributed by atoms with Crippen molar-refractivity contribution in [2.75, 3.05) is 6.79 Å². The number of carboxylic acids is 1. The van der Waals surface area contributed by atoms with Gasteiger partial charge in [0.05, 0.1) is 12.0 Å². The van der Waals surface area contributed by atoms with Crippen LogP contribution in [0.4, 0.5) is 0 Å². The van der Waals surface area contributed by atoms with Gasteiger partial charge >= 0.3 is 5.97 Å². The Labute approximate surface area is 106 Å². The smallest absolute Gasteiger partial charge is 0.314 e. The van der Waals surface area contributed by atoms with Crippen LogP contribution in [-0.2, 0) is 21.6 Å². The minimum atomic E-state index is -0.716. The van der Waals surface area contributed by atoms with Crippen LogP contribution in [0.5, 0.6) is 5.75 Å². The van der Waals surface area contributed by atoms with E-state index >= 15 is 0 Å². The van der Waals surface area contributed by atoms with Gasteiger partial charge in [-0.25, -0.2) is 0 Å². The molecule has 2 aliphatic rings. The lowest BCUT2D eigenvalue weighted by molar-refractivity contribution is -0.143. The number of rotatable bonds is 2. The number of ether oxygens (including phenoxy) is 2. The number of hydrogen-bond acceptors (Lipinski definition) is 3. The maximum absolute atomic E-state index is 11.6. The summed E-state index contributed by atoms with van der Waals surface area (Å²) in [7, 11) is 0. The van der Waals surface area contributed by atoms with E-state index in [0.29, 0.717) is 6.61 Å². The zero-order valence-corrected chi connectivity index (χ0v) is 10.1. The molecule has 0 atom stereocenters. The quantitative estimate of drug-likeness (QED) is 0.873. The first-order valence-electron chi connectivity index (χ1n) is 6.30. The third-order valence-corrected chi connectivity index (χ3v) is 4.04. The molecule has 4 heteroatoms. The Balaban J connectivity index is 2.02. The van der Waals surface area contributed by atoms with Crippen LogP contribution in [0, 0.1) is 0 Å². The SMILES string of the molecule is O=C(O)C1(c2ccc3c(c2)OCOC3)CCCC1. The molecule has 0 spiro atoms. The molecular formula is C14H16O4. The van der Waals surface area contributed by atoms with Crippen molar-refractivity contribution in [2.24, 2.45) is 0 Å². The Kier molecular flexibility index (Phi) is 2.74. The number of benzene rings is 1. The third-order valence-electron chi connectivity index (χ3n) is 4.04. The normalized spacial score (nSPS) is 21.1. The molecule has 96 valence electrons. The number of carbonyl (C=O) groups is 1. The van der Waals surface area contributed by atoms with Crippen molar-refractivity contribution in [3.8, 4) is 5.75 Å². The summed E-state index contributed by atoms with van der Waals surface area (Å²) in [4.78, 5) is 11.6. The van der Waals surface area contributed by atoms with Crippen molar-refractivity contribution in [3.63, 3.8) is 0 Å². The van der Waals surface area contributed by atoms with Gasteiger partial charge in [0.15, 0.2) is 6.79 Å². The number of carboxylic acid groups (broad SMARTS) is 1. The molecule has 1 fully saturated rings. The largest absolute Gasteiger partial charge is 0.481 e. The standard InChI is InChI=1S/C14H16O4/c15-13(16)14(5-1-2-6-14)11-4-3-10-8-17-9-18-12(10)7-11/h3-4,7H,1-2,5-6,8-9H2,(H,15,16). The zero-order chi connectivity index (χ0) is 12.6. The first-order chi connectivity index (χ1) is 8.72. The van der Waals surface area contributed by atoms with Crippen LogP contribution < -0.4 is 4.74 Å². The van der Waals surface area contributed by atoms with E-state index in [0.717, 1.165) is 42.6 Å². The van der Waals surface area contributed by atoms with E-state index in [9.17, 15) is 9.90 Å². The van der Waals surface area contributed by atoms with Crippen LogP contribution in [-0.4, -0.2) is 17.9 Å². The lowest BCUT2D eigenvalue weighted by Crippen LogP contribution is -2.32. The molecule has 4 nitrogen and oxygen atoms in total. The van der Waals surface area contributed by atoms with Crippen LogP contribution in [0.25, 0.3) is 0 Å². The Morgan fingerprint density at radius 3 is 2.78 bits per heavy atom. The summed E-state index contributed by atoms with van der Waals surface area (Å²) in [6.07, 6.45) is 3.40. The maximum Gasteiger partial charge on any atom is 0.314 e. The van der Waals surface area contributed by atoms with Gasteiger partial charge < -0.3 is 14.6 Å². The van der Waals surface area contributed by atoms with Gasteiger partial charge in [-0.2, -0.15) is 0 Å². The molecule has 18 heavy (non-hydrogen) atoms. The highest BCUT2D eigenvalue weighted by molar-refractivity contribution is 5.82. The van der Waals surface area contributed by atoms with Crippen LogP contribution in [0.3, 0.4) is 0 Å². The Bertz CT molecular complexity index is 475. The van der Waals surface area contributed by atoms with E-state index < -0.39 is 11.4 Å². The lowest BCUT2D eigenvalue weighted by atomic mass is 9.78. The highest BCUT2D eigenvalue weighted by Crippen LogP contribution is 2.43. The molecule has 0 radical (unpaired) electrons. The summed E-state index contributed by atoms with van der Waals surface area (Å²) in [5.74, 6) is 0.0540. The summed E-state index contributed by atoms with van der Waals surface area (Å²) >= 11 is 0. The molecule has 1 aromatic carbocycles. The van der Waals surface area contributed by atoms with Gasteiger partial charge in [0.25, 0.3) is 0 Å². The minimum absolute atomic E-state index is 0.247. The topological polar surface area (TPSA) is 55.8 Å². The van der Waals surface area contributed by atoms with Crippen molar-refractivity contribution in [1.82, 2.24) is 0 Å². The second-order valence-electron chi connectivity index (χ2n) is 5.03. The second-order valence-corrected chi connectivity index (χ2v) is 5.03. The predicted octanol–water partition coefficient (Wildman–Crippen LogP) is 2.45. The molecule has 1 aromatic rings. The van der Waals surface area contributed by atoms with Gasteiger partial charge in [0, 0.05) is 5.56 Å². The summed E-state index contributed by atoms with van der Waals surface area (Å²) in [6.45, 7) is 0.784. The summed E-state index contributed by atoms with van der Waals surface area (Å²) in [5, 5.41) is 9.56. The number of hydrogen-bond donors (Lipinski definition) is 1. The highest BCUT2D eigenvalue weighted by atomic mass is 16.7. The molecule has 0 aromatic heterocycles. The van der Waals surface area contributed by atoms with Crippen molar-refractivity contribution in [3.05, 3.63) is 29.3 Å². The molecule has 1 N–H and O–H groups in total. The molecule has 0 amide bonds. The summed E-state index contributed by atoms with van der Waals surface area (Å²) < 4.78 is 10.6. The molecular weight excluding hydrogens is 232 g/mol. The van der Waals surface area contributed by atoms with Crippen LogP contribution in [0.15, 0.2) is 18.2 Å². The van der Waals surface area contributed by atoms with E-state index in [1.165, 1.54) is 0 Å². The molecule has 1 aliphatic heterocycles. The monoisotopic (exact) mass is 248 g/mol. The molecule has 1 heterocycles. The molecule has 0 unspecified atom stereocenters. The maximum atomic E-state index is 11.6. The van der Waals surface area contributed by atoms with Crippen LogP contribution >= 0.6 is 0 Å². The molecule has 0 bridgehead atoms. The number of aliphatic carboxylic acids is 1. The van der Waals surface area contributed by atoms with Crippen LogP contribution in [0.1, 0.15) is 36.8 Å². The molecule has 1 aliphatic carbocycles.